The van der Waals surface area contributed by atoms with Crippen molar-refractivity contribution in [1.29, 1.82) is 0 Å². The lowest BCUT2D eigenvalue weighted by Gasteiger charge is -2.14. The van der Waals surface area contributed by atoms with Crippen molar-refractivity contribution in [2.45, 2.75) is 44.9 Å². The highest BCUT2D eigenvalue weighted by atomic mass is 16.5. The molecule has 1 amide bonds. The molecule has 1 aliphatic heterocycles. The molecule has 1 fully saturated rings. The van der Waals surface area contributed by atoms with Gasteiger partial charge in [0.25, 0.3) is 0 Å². The van der Waals surface area contributed by atoms with Gasteiger partial charge in [-0.05, 0) is 43.2 Å². The number of rotatable bonds is 8. The average Bonchev–Trinajstić information content (AvgIpc) is 3.41. The minimum absolute atomic E-state index is 0.0200. The van der Waals surface area contributed by atoms with Crippen molar-refractivity contribution in [3.05, 3.63) is 59.8 Å². The van der Waals surface area contributed by atoms with Crippen molar-refractivity contribution >= 4 is 16.8 Å². The Kier molecular flexibility index (Phi) is 6.44. The van der Waals surface area contributed by atoms with E-state index in [1.54, 1.807) is 14.2 Å². The van der Waals surface area contributed by atoms with Gasteiger partial charge in [-0.25, -0.2) is 10.9 Å². The molecule has 7 heteroatoms. The van der Waals surface area contributed by atoms with Crippen molar-refractivity contribution < 1.29 is 14.3 Å². The van der Waals surface area contributed by atoms with E-state index in [0.29, 0.717) is 12.8 Å². The summed E-state index contributed by atoms with van der Waals surface area (Å²) in [5.41, 5.74) is 9.97. The Bertz CT molecular complexity index is 1060. The van der Waals surface area contributed by atoms with Gasteiger partial charge in [0.15, 0.2) is 0 Å². The Morgan fingerprint density at radius 3 is 2.74 bits per heavy atom. The van der Waals surface area contributed by atoms with E-state index in [1.807, 2.05) is 30.3 Å². The highest BCUT2D eigenvalue weighted by Crippen LogP contribution is 2.30. The van der Waals surface area contributed by atoms with Gasteiger partial charge < -0.3 is 19.4 Å². The summed E-state index contributed by atoms with van der Waals surface area (Å²) in [6, 6.07) is 16.3. The van der Waals surface area contributed by atoms with Crippen molar-refractivity contribution in [3.8, 4) is 11.5 Å². The Labute approximate surface area is 182 Å². The lowest BCUT2D eigenvalue weighted by atomic mass is 10.1. The maximum atomic E-state index is 12.5. The monoisotopic (exact) mass is 422 g/mol. The molecule has 3 aromatic rings. The number of para-hydroxylation sites is 1. The third-order valence-corrected chi connectivity index (χ3v) is 5.87. The van der Waals surface area contributed by atoms with Crippen LogP contribution in [0.5, 0.6) is 11.5 Å². The molecule has 3 N–H and O–H groups in total. The number of hydrazine groups is 1. The zero-order chi connectivity index (χ0) is 21.8. The van der Waals surface area contributed by atoms with E-state index in [0.717, 1.165) is 35.5 Å². The summed E-state index contributed by atoms with van der Waals surface area (Å²) >= 11 is 0. The van der Waals surface area contributed by atoms with Gasteiger partial charge in [-0.1, -0.05) is 18.2 Å². The van der Waals surface area contributed by atoms with E-state index in [2.05, 4.69) is 45.9 Å². The van der Waals surface area contributed by atoms with E-state index >= 15 is 0 Å². The highest BCUT2D eigenvalue weighted by molar-refractivity contribution is 5.83. The van der Waals surface area contributed by atoms with Crippen LogP contribution in [0.25, 0.3) is 10.9 Å². The number of amides is 1. The number of nitrogens with one attached hydrogen (secondary N) is 3. The molecular weight excluding hydrogens is 392 g/mol. The standard InChI is InChI=1S/C24H30N4O3/c1-4-28-20-14-18(30-2)11-9-17(20)13-21(28)19-15-23(27-26-19)25-24(29)12-10-16-7-5-6-8-22(16)31-3/h5-9,11,13-14,19,23,26-27H,4,10,12,15H2,1-3H3,(H,25,29). The molecule has 0 aliphatic carbocycles. The first kappa shape index (κ1) is 21.2. The van der Waals surface area contributed by atoms with Crippen molar-refractivity contribution in [1.82, 2.24) is 20.7 Å². The molecule has 164 valence electrons. The number of methoxy groups -OCH3 is 2. The molecular formula is C24H30N4O3. The second-order valence-electron chi connectivity index (χ2n) is 7.75. The molecule has 0 bridgehead atoms. The number of nitrogens with zero attached hydrogens (tertiary/aromatic N) is 1. The smallest absolute Gasteiger partial charge is 0.221 e. The van der Waals surface area contributed by atoms with Crippen LogP contribution >= 0.6 is 0 Å². The summed E-state index contributed by atoms with van der Waals surface area (Å²) in [7, 11) is 3.34. The third kappa shape index (κ3) is 4.52. The molecule has 2 unspecified atom stereocenters. The van der Waals surface area contributed by atoms with Gasteiger partial charge >= 0.3 is 0 Å². The van der Waals surface area contributed by atoms with E-state index < -0.39 is 0 Å². The third-order valence-electron chi connectivity index (χ3n) is 5.87. The van der Waals surface area contributed by atoms with Crippen molar-refractivity contribution in [3.63, 3.8) is 0 Å². The summed E-state index contributed by atoms with van der Waals surface area (Å²) in [5.74, 6) is 1.69. The summed E-state index contributed by atoms with van der Waals surface area (Å²) in [4.78, 5) is 12.5. The first-order valence-electron chi connectivity index (χ1n) is 10.7. The Balaban J connectivity index is 1.38. The van der Waals surface area contributed by atoms with Crippen LogP contribution in [0, 0.1) is 0 Å². The summed E-state index contributed by atoms with van der Waals surface area (Å²) in [5, 5.41) is 4.28. The number of aryl methyl sites for hydroxylation is 2. The van der Waals surface area contributed by atoms with Crippen LogP contribution in [-0.2, 0) is 17.8 Å². The molecule has 2 atom stereocenters. The second-order valence-corrected chi connectivity index (χ2v) is 7.75. The SMILES string of the molecule is CCn1c(C2CC(NC(=O)CCc3ccccc3OC)NN2)cc2ccc(OC)cc21. The van der Waals surface area contributed by atoms with E-state index in [4.69, 9.17) is 9.47 Å². The molecule has 0 radical (unpaired) electrons. The zero-order valence-electron chi connectivity index (χ0n) is 18.3. The molecule has 1 aliphatic rings. The van der Waals surface area contributed by atoms with Crippen molar-refractivity contribution in [2.75, 3.05) is 14.2 Å². The maximum absolute atomic E-state index is 12.5. The number of hydrogen-bond acceptors (Lipinski definition) is 5. The van der Waals surface area contributed by atoms with Gasteiger partial charge in [0, 0.05) is 36.5 Å². The first-order chi connectivity index (χ1) is 15.1. The summed E-state index contributed by atoms with van der Waals surface area (Å²) < 4.78 is 13.1. The Hall–Kier alpha value is -3.03. The minimum atomic E-state index is -0.118. The molecule has 0 spiro atoms. The van der Waals surface area contributed by atoms with Crippen LogP contribution in [0.3, 0.4) is 0 Å². The molecule has 2 heterocycles. The summed E-state index contributed by atoms with van der Waals surface area (Å²) in [6.07, 6.45) is 1.71. The highest BCUT2D eigenvalue weighted by Gasteiger charge is 2.28. The number of benzene rings is 2. The van der Waals surface area contributed by atoms with Gasteiger partial charge in [0.05, 0.1) is 31.9 Å². The van der Waals surface area contributed by atoms with Crippen LogP contribution < -0.4 is 25.6 Å². The van der Waals surface area contributed by atoms with Gasteiger partial charge in [-0.15, -0.1) is 0 Å². The second kappa shape index (κ2) is 9.41. The number of ether oxygens (including phenoxy) is 2. The largest absolute Gasteiger partial charge is 0.497 e. The van der Waals surface area contributed by atoms with Gasteiger partial charge in [-0.2, -0.15) is 0 Å². The first-order valence-corrected chi connectivity index (χ1v) is 10.7. The Morgan fingerprint density at radius 1 is 1.13 bits per heavy atom. The van der Waals surface area contributed by atoms with E-state index in [-0.39, 0.29) is 18.1 Å². The molecule has 1 saturated heterocycles. The lowest BCUT2D eigenvalue weighted by molar-refractivity contribution is -0.121. The predicted molar refractivity (Wildman–Crippen MR) is 121 cm³/mol. The Morgan fingerprint density at radius 2 is 1.97 bits per heavy atom. The maximum Gasteiger partial charge on any atom is 0.221 e. The van der Waals surface area contributed by atoms with E-state index in [1.165, 1.54) is 11.1 Å². The van der Waals surface area contributed by atoms with Crippen LogP contribution in [-0.4, -0.2) is 30.9 Å². The number of fused-ring (bicyclic) bond motifs is 1. The molecule has 31 heavy (non-hydrogen) atoms. The predicted octanol–water partition coefficient (Wildman–Crippen LogP) is 3.29. The van der Waals surface area contributed by atoms with Crippen LogP contribution in [0.15, 0.2) is 48.5 Å². The molecule has 2 aromatic carbocycles. The van der Waals surface area contributed by atoms with Gasteiger partial charge in [-0.3, -0.25) is 4.79 Å². The lowest BCUT2D eigenvalue weighted by Crippen LogP contribution is -2.44. The molecule has 1 aromatic heterocycles. The van der Waals surface area contributed by atoms with Gasteiger partial charge in [0.2, 0.25) is 5.91 Å². The van der Waals surface area contributed by atoms with Crippen molar-refractivity contribution in [2.24, 2.45) is 0 Å². The number of carbonyl (C=O) groups excluding carboxylic acids is 1. The average molecular weight is 423 g/mol. The quantitative estimate of drug-likeness (QED) is 0.519. The fraction of sp³-hybridized carbons (Fsp3) is 0.375. The fourth-order valence-corrected chi connectivity index (χ4v) is 4.29. The normalized spacial score (nSPS) is 18.3. The molecule has 7 nitrogen and oxygen atoms in total. The zero-order valence-corrected chi connectivity index (χ0v) is 18.3. The molecule has 4 rings (SSSR count). The fourth-order valence-electron chi connectivity index (χ4n) is 4.29. The van der Waals surface area contributed by atoms with Crippen LogP contribution in [0.4, 0.5) is 0 Å². The minimum Gasteiger partial charge on any atom is -0.497 e. The topological polar surface area (TPSA) is 76.6 Å². The van der Waals surface area contributed by atoms with Crippen LogP contribution in [0.2, 0.25) is 0 Å². The number of hydrogen-bond donors (Lipinski definition) is 3. The number of carbonyl (C=O) groups is 1. The summed E-state index contributed by atoms with van der Waals surface area (Å²) in [6.45, 7) is 3.00. The van der Waals surface area contributed by atoms with E-state index in [9.17, 15) is 4.79 Å². The van der Waals surface area contributed by atoms with Gasteiger partial charge in [0.1, 0.15) is 11.5 Å². The number of aromatic nitrogens is 1. The van der Waals surface area contributed by atoms with Crippen LogP contribution in [0.1, 0.15) is 37.1 Å². The molecule has 0 saturated carbocycles.